The van der Waals surface area contributed by atoms with E-state index < -0.39 is 5.41 Å². The first-order chi connectivity index (χ1) is 11.9. The molecule has 0 radical (unpaired) electrons. The molecule has 1 fully saturated rings. The maximum atomic E-state index is 13.0. The van der Waals surface area contributed by atoms with Gasteiger partial charge in [-0.3, -0.25) is 4.79 Å². The van der Waals surface area contributed by atoms with Crippen molar-refractivity contribution in [3.05, 3.63) is 23.8 Å². The van der Waals surface area contributed by atoms with Crippen molar-refractivity contribution in [3.8, 4) is 5.75 Å². The van der Waals surface area contributed by atoms with Crippen LogP contribution in [0.25, 0.3) is 0 Å². The summed E-state index contributed by atoms with van der Waals surface area (Å²) in [7, 11) is 3.42. The number of nitrogens with zero attached hydrogens (tertiary/aromatic N) is 2. The second-order valence-electron chi connectivity index (χ2n) is 7.42. The van der Waals surface area contributed by atoms with Crippen molar-refractivity contribution in [1.82, 2.24) is 10.2 Å². The van der Waals surface area contributed by atoms with Crippen LogP contribution < -0.4 is 15.0 Å². The first kappa shape index (κ1) is 17.6. The van der Waals surface area contributed by atoms with Crippen LogP contribution in [-0.4, -0.2) is 50.6 Å². The first-order valence-corrected chi connectivity index (χ1v) is 8.88. The summed E-state index contributed by atoms with van der Waals surface area (Å²) in [5.41, 5.74) is 1.23. The number of nitrogens with one attached hydrogen (secondary N) is 1. The van der Waals surface area contributed by atoms with Crippen molar-refractivity contribution in [2.45, 2.75) is 32.1 Å². The molecule has 1 unspecified atom stereocenters. The normalized spacial score (nSPS) is 22.0. The van der Waals surface area contributed by atoms with Crippen LogP contribution in [0.1, 0.15) is 32.3 Å². The summed E-state index contributed by atoms with van der Waals surface area (Å²) in [5, 5.41) is 2.97. The minimum absolute atomic E-state index is 0.0632. The van der Waals surface area contributed by atoms with Crippen LogP contribution in [0.15, 0.2) is 18.2 Å². The zero-order valence-electron chi connectivity index (χ0n) is 15.5. The van der Waals surface area contributed by atoms with Crippen LogP contribution in [-0.2, 0) is 10.2 Å². The number of methoxy groups -OCH3 is 1. The maximum absolute atomic E-state index is 13.0. The fraction of sp³-hybridized carbons (Fsp3) is 0.579. The predicted octanol–water partition coefficient (Wildman–Crippen LogP) is 2.37. The van der Waals surface area contributed by atoms with E-state index >= 15 is 0 Å². The number of urea groups is 1. The van der Waals surface area contributed by atoms with E-state index in [1.54, 1.807) is 24.0 Å². The molecule has 0 bridgehead atoms. The minimum atomic E-state index is -0.645. The van der Waals surface area contributed by atoms with Gasteiger partial charge in [0.15, 0.2) is 0 Å². The number of carbonyl (C=O) groups is 2. The lowest BCUT2D eigenvalue weighted by molar-refractivity contribution is -0.122. The van der Waals surface area contributed by atoms with Gasteiger partial charge in [-0.15, -0.1) is 0 Å². The van der Waals surface area contributed by atoms with Crippen molar-refractivity contribution in [3.63, 3.8) is 0 Å². The van der Waals surface area contributed by atoms with E-state index in [0.717, 1.165) is 23.4 Å². The van der Waals surface area contributed by atoms with E-state index in [-0.39, 0.29) is 11.9 Å². The van der Waals surface area contributed by atoms with Gasteiger partial charge < -0.3 is 19.9 Å². The Morgan fingerprint density at radius 3 is 2.84 bits per heavy atom. The largest absolute Gasteiger partial charge is 0.497 e. The summed E-state index contributed by atoms with van der Waals surface area (Å²) >= 11 is 0. The summed E-state index contributed by atoms with van der Waals surface area (Å²) in [6, 6.07) is 5.65. The van der Waals surface area contributed by atoms with Crippen LogP contribution in [0.4, 0.5) is 10.5 Å². The highest BCUT2D eigenvalue weighted by molar-refractivity contribution is 6.08. The van der Waals surface area contributed by atoms with Crippen molar-refractivity contribution in [2.75, 3.05) is 38.7 Å². The molecule has 2 aliphatic rings. The number of likely N-dealkylation sites (tertiary alicyclic amines) is 1. The summed E-state index contributed by atoms with van der Waals surface area (Å²) in [4.78, 5) is 28.9. The Morgan fingerprint density at radius 2 is 2.16 bits per heavy atom. The second kappa shape index (κ2) is 6.58. The van der Waals surface area contributed by atoms with Crippen LogP contribution >= 0.6 is 0 Å². The van der Waals surface area contributed by atoms with E-state index in [4.69, 9.17) is 4.74 Å². The highest BCUT2D eigenvalue weighted by Crippen LogP contribution is 2.47. The molecule has 0 aliphatic carbocycles. The summed E-state index contributed by atoms with van der Waals surface area (Å²) in [6.45, 7) is 5.94. The summed E-state index contributed by atoms with van der Waals surface area (Å²) in [5.74, 6) is 1.35. The van der Waals surface area contributed by atoms with Crippen LogP contribution in [0, 0.1) is 5.92 Å². The Labute approximate surface area is 149 Å². The fourth-order valence-corrected chi connectivity index (χ4v) is 3.82. The number of anilines is 1. The molecule has 1 N–H and O–H groups in total. The molecule has 6 heteroatoms. The molecule has 0 saturated carbocycles. The second-order valence-corrected chi connectivity index (χ2v) is 7.42. The van der Waals surface area contributed by atoms with Gasteiger partial charge in [-0.25, -0.2) is 4.79 Å². The van der Waals surface area contributed by atoms with Gasteiger partial charge in [0.1, 0.15) is 5.75 Å². The van der Waals surface area contributed by atoms with Gasteiger partial charge in [-0.2, -0.15) is 0 Å². The van der Waals surface area contributed by atoms with Crippen molar-refractivity contribution in [1.29, 1.82) is 0 Å². The van der Waals surface area contributed by atoms with Crippen LogP contribution in [0.2, 0.25) is 0 Å². The zero-order valence-corrected chi connectivity index (χ0v) is 15.5. The smallest absolute Gasteiger partial charge is 0.317 e. The third kappa shape index (κ3) is 2.94. The van der Waals surface area contributed by atoms with Crippen molar-refractivity contribution >= 4 is 17.6 Å². The number of likely N-dealkylation sites (N-methyl/N-ethyl adjacent to an activating group) is 1. The molecule has 3 rings (SSSR count). The van der Waals surface area contributed by atoms with E-state index in [2.05, 4.69) is 19.2 Å². The molecule has 2 aliphatic heterocycles. The number of hydrogen-bond donors (Lipinski definition) is 1. The van der Waals surface area contributed by atoms with Crippen molar-refractivity contribution in [2.24, 2.45) is 5.92 Å². The molecule has 1 aromatic rings. The van der Waals surface area contributed by atoms with Gasteiger partial charge in [0.2, 0.25) is 5.91 Å². The Bertz CT molecular complexity index is 688. The van der Waals surface area contributed by atoms with E-state index in [0.29, 0.717) is 32.0 Å². The standard InChI is InChI=1S/C19H27N3O3/c1-13(2)7-9-20-18(24)22-10-8-19(12-22)15-11-14(25-4)5-6-16(15)21(3)17(19)23/h5-6,11,13H,7-10,12H2,1-4H3,(H,20,24). The molecule has 1 saturated heterocycles. The van der Waals surface area contributed by atoms with Crippen LogP contribution in [0.5, 0.6) is 5.75 Å². The van der Waals surface area contributed by atoms with Crippen molar-refractivity contribution < 1.29 is 14.3 Å². The molecule has 136 valence electrons. The molecule has 2 heterocycles. The number of hydrogen-bond acceptors (Lipinski definition) is 3. The molecule has 3 amide bonds. The third-order valence-corrected chi connectivity index (χ3v) is 5.35. The van der Waals surface area contributed by atoms with Gasteiger partial charge in [0.25, 0.3) is 0 Å². The highest BCUT2D eigenvalue weighted by Gasteiger charge is 2.54. The first-order valence-electron chi connectivity index (χ1n) is 8.88. The molecule has 25 heavy (non-hydrogen) atoms. The van der Waals surface area contributed by atoms with Gasteiger partial charge in [0.05, 0.1) is 12.5 Å². The Hall–Kier alpha value is -2.24. The number of ether oxygens (including phenoxy) is 1. The molecular weight excluding hydrogens is 318 g/mol. The topological polar surface area (TPSA) is 61.9 Å². The molecular formula is C19H27N3O3. The lowest BCUT2D eigenvalue weighted by Crippen LogP contribution is -2.44. The Morgan fingerprint density at radius 1 is 1.40 bits per heavy atom. The number of fused-ring (bicyclic) bond motifs is 2. The van der Waals surface area contributed by atoms with Gasteiger partial charge in [-0.05, 0) is 42.5 Å². The zero-order chi connectivity index (χ0) is 18.2. The fourth-order valence-electron chi connectivity index (χ4n) is 3.82. The molecule has 6 nitrogen and oxygen atoms in total. The number of benzene rings is 1. The van der Waals surface area contributed by atoms with Gasteiger partial charge in [-0.1, -0.05) is 13.8 Å². The van der Waals surface area contributed by atoms with E-state index in [1.807, 2.05) is 18.2 Å². The Kier molecular flexibility index (Phi) is 4.62. The predicted molar refractivity (Wildman–Crippen MR) is 97.1 cm³/mol. The minimum Gasteiger partial charge on any atom is -0.497 e. The van der Waals surface area contributed by atoms with E-state index in [9.17, 15) is 9.59 Å². The summed E-state index contributed by atoms with van der Waals surface area (Å²) < 4.78 is 5.34. The van der Waals surface area contributed by atoms with E-state index in [1.165, 1.54) is 0 Å². The SMILES string of the molecule is COc1ccc2c(c1)C1(CCN(C(=O)NCCC(C)C)C1)C(=O)N2C. The molecule has 0 aromatic heterocycles. The number of amides is 3. The lowest BCUT2D eigenvalue weighted by atomic mass is 9.81. The highest BCUT2D eigenvalue weighted by atomic mass is 16.5. The quantitative estimate of drug-likeness (QED) is 0.911. The average molecular weight is 345 g/mol. The monoisotopic (exact) mass is 345 g/mol. The Balaban J connectivity index is 1.80. The third-order valence-electron chi connectivity index (χ3n) is 5.35. The van der Waals surface area contributed by atoms with Gasteiger partial charge in [0, 0.05) is 32.4 Å². The average Bonchev–Trinajstić information content (AvgIpc) is 3.13. The molecule has 1 atom stereocenters. The lowest BCUT2D eigenvalue weighted by Gasteiger charge is -2.24. The van der Waals surface area contributed by atoms with Crippen LogP contribution in [0.3, 0.4) is 0 Å². The molecule has 1 spiro atoms. The maximum Gasteiger partial charge on any atom is 0.317 e. The van der Waals surface area contributed by atoms with Gasteiger partial charge >= 0.3 is 6.03 Å². The molecule has 1 aromatic carbocycles. The number of rotatable bonds is 4. The number of carbonyl (C=O) groups excluding carboxylic acids is 2. The summed E-state index contributed by atoms with van der Waals surface area (Å²) in [6.07, 6.45) is 1.60.